The monoisotopic (exact) mass is 817 g/mol. The van der Waals surface area contributed by atoms with E-state index in [9.17, 15) is 14.4 Å². The van der Waals surface area contributed by atoms with Crippen LogP contribution >= 0.6 is 0 Å². The average molecular weight is 818 g/mol. The first-order chi connectivity index (χ1) is 29.6. The number of nitrogens with one attached hydrogen (secondary N) is 2. The van der Waals surface area contributed by atoms with Crippen LogP contribution in [0.25, 0.3) is 33.5 Å². The van der Waals surface area contributed by atoms with Gasteiger partial charge in [-0.25, -0.2) is 9.78 Å². The molecule has 4 aromatic carbocycles. The van der Waals surface area contributed by atoms with Crippen LogP contribution in [0.15, 0.2) is 96.1 Å². The lowest BCUT2D eigenvalue weighted by molar-refractivity contribution is -0.137. The van der Waals surface area contributed by atoms with Crippen molar-refractivity contribution in [3.05, 3.63) is 119 Å². The van der Waals surface area contributed by atoms with Gasteiger partial charge in [0, 0.05) is 25.2 Å². The number of aliphatic imine (C=N–C) groups is 1. The molecule has 4 aliphatic rings. The van der Waals surface area contributed by atoms with Gasteiger partial charge in [-0.15, -0.1) is 0 Å². The second-order valence-electron chi connectivity index (χ2n) is 17.6. The summed E-state index contributed by atoms with van der Waals surface area (Å²) in [5.74, 6) is 0.799. The van der Waals surface area contributed by atoms with Gasteiger partial charge in [0.15, 0.2) is 0 Å². The number of likely N-dealkylation sites (tertiary alicyclic amines) is 2. The first-order valence-electron chi connectivity index (χ1n) is 21.8. The van der Waals surface area contributed by atoms with Crippen molar-refractivity contribution < 1.29 is 19.1 Å². The Morgan fingerprint density at radius 2 is 1.41 bits per heavy atom. The second-order valence-corrected chi connectivity index (χ2v) is 17.6. The van der Waals surface area contributed by atoms with Crippen LogP contribution in [-0.4, -0.2) is 94.7 Å². The fourth-order valence-electron chi connectivity index (χ4n) is 10.0. The van der Waals surface area contributed by atoms with E-state index in [1.54, 1.807) is 0 Å². The summed E-state index contributed by atoms with van der Waals surface area (Å²) in [6, 6.07) is 29.0. The summed E-state index contributed by atoms with van der Waals surface area (Å²) >= 11 is 0. The van der Waals surface area contributed by atoms with Gasteiger partial charge in [0.1, 0.15) is 17.9 Å². The van der Waals surface area contributed by atoms with E-state index in [1.807, 2.05) is 79.2 Å². The standard InChI is InChI=1S/C50H55N7O4/c1-30(2)45(54-50(60)61-5)48(58)56-23-9-13-43(56)41-28-37-26-33(19-22-40(37)52-41)32-17-20-38-34(25-32)15-16-35-27-36(18-21-39(35)38)42-29-51-47(53-42)44-14-10-24-57(44)49(59)46(55(3)4)31-11-7-6-8-12-31/h6-8,11-12,17-22,25-27,29-30,43-46H,9-10,13-16,23-24,28H2,1-5H3,(H,51,53)(H,54,60)/t43-,44-,45-,46?/m0/s1. The predicted molar refractivity (Wildman–Crippen MR) is 239 cm³/mol. The molecule has 11 heteroatoms. The van der Waals surface area contributed by atoms with Gasteiger partial charge in [-0.2, -0.15) is 0 Å². The number of fused-ring (bicyclic) bond motifs is 4. The van der Waals surface area contributed by atoms with Crippen molar-refractivity contribution in [3.8, 4) is 33.5 Å². The number of aromatic amines is 1. The number of hydrogen-bond acceptors (Lipinski definition) is 7. The summed E-state index contributed by atoms with van der Waals surface area (Å²) in [5.41, 5.74) is 13.8. The number of nitrogens with zero attached hydrogens (tertiary/aromatic N) is 5. The van der Waals surface area contributed by atoms with Crippen LogP contribution in [0.4, 0.5) is 10.5 Å². The molecule has 314 valence electrons. The molecule has 1 unspecified atom stereocenters. The van der Waals surface area contributed by atoms with E-state index in [2.05, 4.69) is 64.9 Å². The van der Waals surface area contributed by atoms with E-state index in [0.29, 0.717) is 13.0 Å². The molecule has 11 nitrogen and oxygen atoms in total. The number of carbonyl (C=O) groups excluding carboxylic acids is 3. The number of likely N-dealkylation sites (N-methyl/N-ethyl adjacent to an activating group) is 1. The number of amides is 3. The number of hydrogen-bond donors (Lipinski definition) is 2. The van der Waals surface area contributed by atoms with Gasteiger partial charge in [-0.1, -0.05) is 80.6 Å². The molecule has 0 radical (unpaired) electrons. The molecular weight excluding hydrogens is 763 g/mol. The van der Waals surface area contributed by atoms with E-state index in [-0.39, 0.29) is 35.9 Å². The Morgan fingerprint density at radius 1 is 0.787 bits per heavy atom. The minimum Gasteiger partial charge on any atom is -0.453 e. The molecule has 4 heterocycles. The number of aryl methyl sites for hydroxylation is 2. The predicted octanol–water partition coefficient (Wildman–Crippen LogP) is 8.48. The quantitative estimate of drug-likeness (QED) is 0.146. The molecule has 3 amide bonds. The summed E-state index contributed by atoms with van der Waals surface area (Å²) in [6.45, 7) is 5.24. The number of imidazole rings is 1. The van der Waals surface area contributed by atoms with Gasteiger partial charge in [0.25, 0.3) is 0 Å². The van der Waals surface area contributed by atoms with Crippen molar-refractivity contribution in [2.45, 2.75) is 83.0 Å². The summed E-state index contributed by atoms with van der Waals surface area (Å²) in [4.78, 5) is 59.2. The fourth-order valence-corrected chi connectivity index (χ4v) is 10.0. The minimum atomic E-state index is -0.651. The molecule has 0 bridgehead atoms. The molecule has 2 N–H and O–H groups in total. The lowest BCUT2D eigenvalue weighted by Crippen LogP contribution is -2.53. The molecule has 9 rings (SSSR count). The van der Waals surface area contributed by atoms with E-state index in [4.69, 9.17) is 14.7 Å². The molecule has 0 spiro atoms. The zero-order valence-corrected chi connectivity index (χ0v) is 35.8. The minimum absolute atomic E-state index is 0.0764. The second kappa shape index (κ2) is 16.8. The van der Waals surface area contributed by atoms with E-state index < -0.39 is 12.1 Å². The number of carbonyl (C=O) groups is 3. The van der Waals surface area contributed by atoms with Crippen LogP contribution < -0.4 is 5.32 Å². The molecule has 2 fully saturated rings. The molecule has 3 aliphatic heterocycles. The van der Waals surface area contributed by atoms with Crippen LogP contribution in [0.3, 0.4) is 0 Å². The topological polar surface area (TPSA) is 123 Å². The molecule has 1 aliphatic carbocycles. The molecule has 61 heavy (non-hydrogen) atoms. The number of alkyl carbamates (subject to hydrolysis) is 1. The third-order valence-corrected chi connectivity index (χ3v) is 13.1. The first kappa shape index (κ1) is 40.3. The Kier molecular flexibility index (Phi) is 11.1. The lowest BCUT2D eigenvalue weighted by atomic mass is 9.83. The van der Waals surface area contributed by atoms with E-state index in [1.165, 1.54) is 40.5 Å². The van der Waals surface area contributed by atoms with Gasteiger partial charge in [0.05, 0.1) is 36.8 Å². The Morgan fingerprint density at radius 3 is 2.08 bits per heavy atom. The van der Waals surface area contributed by atoms with Gasteiger partial charge in [0.2, 0.25) is 11.8 Å². The smallest absolute Gasteiger partial charge is 0.407 e. The van der Waals surface area contributed by atoms with Gasteiger partial charge < -0.3 is 24.8 Å². The van der Waals surface area contributed by atoms with Crippen molar-refractivity contribution in [3.63, 3.8) is 0 Å². The largest absolute Gasteiger partial charge is 0.453 e. The number of methoxy groups -OCH3 is 1. The Balaban J connectivity index is 0.885. The summed E-state index contributed by atoms with van der Waals surface area (Å²) in [5, 5.41) is 2.75. The van der Waals surface area contributed by atoms with E-state index >= 15 is 0 Å². The molecule has 0 saturated carbocycles. The van der Waals surface area contributed by atoms with Crippen LogP contribution in [0, 0.1) is 5.92 Å². The zero-order valence-electron chi connectivity index (χ0n) is 35.8. The van der Waals surface area contributed by atoms with Crippen LogP contribution in [0.5, 0.6) is 0 Å². The Hall–Kier alpha value is -6.07. The Labute approximate surface area is 358 Å². The van der Waals surface area contributed by atoms with Gasteiger partial charge in [-0.05, 0) is 127 Å². The fraction of sp³-hybridized carbons (Fsp3) is 0.380. The molecule has 4 atom stereocenters. The average Bonchev–Trinajstić information content (AvgIpc) is 4.11. The van der Waals surface area contributed by atoms with E-state index in [0.717, 1.165) is 84.7 Å². The highest BCUT2D eigenvalue weighted by Gasteiger charge is 2.40. The van der Waals surface area contributed by atoms with Crippen molar-refractivity contribution in [2.24, 2.45) is 10.9 Å². The SMILES string of the molecule is COC(=O)N[C@H](C(=O)N1CCC[C@H]1C1=Nc2ccc(-c3ccc4c(c3)CCc3cc(-c5cnc([C@@H]6CCCN6C(=O)C(c6ccccc6)N(C)C)[nH]5)ccc3-4)cc2C1)C(C)C. The summed E-state index contributed by atoms with van der Waals surface area (Å²) < 4.78 is 4.81. The maximum absolute atomic E-state index is 14.0. The molecule has 2 saturated heterocycles. The van der Waals surface area contributed by atoms with Crippen LogP contribution in [0.1, 0.15) is 79.7 Å². The van der Waals surface area contributed by atoms with Crippen LogP contribution in [-0.2, 0) is 33.6 Å². The first-order valence-corrected chi connectivity index (χ1v) is 21.8. The molecular formula is C50H55N7O4. The summed E-state index contributed by atoms with van der Waals surface area (Å²) in [6.07, 6.45) is 7.52. The number of aromatic nitrogens is 2. The number of benzene rings is 4. The molecule has 1 aromatic heterocycles. The number of H-pyrrole nitrogens is 1. The highest BCUT2D eigenvalue weighted by atomic mass is 16.5. The Bertz CT molecular complexity index is 2510. The zero-order chi connectivity index (χ0) is 42.4. The lowest BCUT2D eigenvalue weighted by Gasteiger charge is -2.31. The van der Waals surface area contributed by atoms with Gasteiger partial charge >= 0.3 is 6.09 Å². The maximum atomic E-state index is 14.0. The third-order valence-electron chi connectivity index (χ3n) is 13.1. The highest BCUT2D eigenvalue weighted by Crippen LogP contribution is 2.41. The maximum Gasteiger partial charge on any atom is 0.407 e. The normalized spacial score (nSPS) is 19.0. The van der Waals surface area contributed by atoms with Crippen LogP contribution in [0.2, 0.25) is 0 Å². The van der Waals surface area contributed by atoms with Gasteiger partial charge in [-0.3, -0.25) is 19.5 Å². The highest BCUT2D eigenvalue weighted by molar-refractivity contribution is 6.01. The van der Waals surface area contributed by atoms with Crippen molar-refractivity contribution in [1.29, 1.82) is 0 Å². The number of rotatable bonds is 10. The molecule has 5 aromatic rings. The third kappa shape index (κ3) is 7.76. The van der Waals surface area contributed by atoms with Crippen molar-refractivity contribution in [2.75, 3.05) is 34.3 Å². The van der Waals surface area contributed by atoms with Crippen molar-refractivity contribution in [1.82, 2.24) is 30.0 Å². The van der Waals surface area contributed by atoms with Crippen molar-refractivity contribution >= 4 is 29.3 Å². The summed E-state index contributed by atoms with van der Waals surface area (Å²) in [7, 11) is 5.25. The number of ether oxygens (including phenoxy) is 1.